The Morgan fingerprint density at radius 1 is 1.22 bits per heavy atom. The van der Waals surface area contributed by atoms with Gasteiger partial charge in [0.2, 0.25) is 5.91 Å². The van der Waals surface area contributed by atoms with E-state index in [2.05, 4.69) is 10.3 Å². The summed E-state index contributed by atoms with van der Waals surface area (Å²) in [6.45, 7) is 0.779. The third-order valence-electron chi connectivity index (χ3n) is 3.97. The number of nitrogens with zero attached hydrogens (tertiary/aromatic N) is 1. The van der Waals surface area contributed by atoms with Gasteiger partial charge in [-0.3, -0.25) is 9.59 Å². The fourth-order valence-electron chi connectivity index (χ4n) is 2.69. The lowest BCUT2D eigenvalue weighted by molar-refractivity contribution is -0.135. The summed E-state index contributed by atoms with van der Waals surface area (Å²) in [5, 5.41) is 12.4. The lowest BCUT2D eigenvalue weighted by Crippen LogP contribution is -2.34. The summed E-state index contributed by atoms with van der Waals surface area (Å²) in [7, 11) is 0. The number of hydrogen-bond acceptors (Lipinski definition) is 6. The van der Waals surface area contributed by atoms with Crippen molar-refractivity contribution in [3.63, 3.8) is 0 Å². The number of aromatic nitrogens is 1. The van der Waals surface area contributed by atoms with Gasteiger partial charge in [-0.25, -0.2) is 0 Å². The van der Waals surface area contributed by atoms with E-state index in [0.29, 0.717) is 34.8 Å². The quantitative estimate of drug-likeness (QED) is 0.439. The molecule has 1 aromatic heterocycles. The van der Waals surface area contributed by atoms with Crippen LogP contribution in [-0.4, -0.2) is 41.6 Å². The van der Waals surface area contributed by atoms with Crippen molar-refractivity contribution in [1.29, 1.82) is 0 Å². The molecule has 0 bridgehead atoms. The summed E-state index contributed by atoms with van der Waals surface area (Å²) in [5.41, 5.74) is 8.59. The fraction of sp³-hybridized carbons (Fsp3) is 0.167. The number of aromatic amines is 1. The molecule has 0 aliphatic rings. The van der Waals surface area contributed by atoms with Crippen molar-refractivity contribution in [1.82, 2.24) is 4.98 Å². The highest BCUT2D eigenvalue weighted by Gasteiger charge is 2.11. The molecule has 0 aliphatic heterocycles. The van der Waals surface area contributed by atoms with E-state index in [1.165, 1.54) is 0 Å². The lowest BCUT2D eigenvalue weighted by atomic mass is 10.2. The summed E-state index contributed by atoms with van der Waals surface area (Å²) in [6, 6.07) is 12.1. The molecule has 1 heterocycles. The Hall–Kier alpha value is -3.33. The molecule has 27 heavy (non-hydrogen) atoms. The maximum absolute atomic E-state index is 11.2. The molecule has 9 heteroatoms. The second kappa shape index (κ2) is 7.92. The summed E-state index contributed by atoms with van der Waals surface area (Å²) in [5.74, 6) is -1.47. The maximum atomic E-state index is 11.2. The van der Waals surface area contributed by atoms with E-state index in [-0.39, 0.29) is 6.54 Å². The van der Waals surface area contributed by atoms with Gasteiger partial charge in [-0.2, -0.15) is 0 Å². The minimum Gasteiger partial charge on any atom is -0.480 e. The first-order valence-corrected chi connectivity index (χ1v) is 8.56. The predicted molar refractivity (Wildman–Crippen MR) is 105 cm³/mol. The molecule has 0 unspecified atom stereocenters. The number of benzene rings is 2. The van der Waals surface area contributed by atoms with Crippen LogP contribution < -0.4 is 16.0 Å². The lowest BCUT2D eigenvalue weighted by Gasteiger charge is -2.23. The third kappa shape index (κ3) is 4.64. The van der Waals surface area contributed by atoms with Crippen LogP contribution in [0.4, 0.5) is 11.4 Å². The summed E-state index contributed by atoms with van der Waals surface area (Å²) < 4.78 is 5.38. The van der Waals surface area contributed by atoms with Gasteiger partial charge >= 0.3 is 5.97 Å². The molecule has 0 saturated carbocycles. The zero-order valence-corrected chi connectivity index (χ0v) is 15.1. The Balaban J connectivity index is 1.67. The van der Waals surface area contributed by atoms with Crippen LogP contribution in [-0.2, 0) is 4.79 Å². The van der Waals surface area contributed by atoms with Gasteiger partial charge in [0.15, 0.2) is 5.58 Å². The van der Waals surface area contributed by atoms with E-state index in [1.807, 2.05) is 18.2 Å². The number of H-pyrrole nitrogens is 1. The Bertz CT molecular complexity index is 1030. The Labute approximate surface area is 159 Å². The minimum absolute atomic E-state index is 0.164. The van der Waals surface area contributed by atoms with Crippen molar-refractivity contribution in [2.45, 2.75) is 0 Å². The molecule has 3 rings (SSSR count). The summed E-state index contributed by atoms with van der Waals surface area (Å²) in [4.78, 5) is 27.3. The third-order valence-corrected chi connectivity index (χ3v) is 4.16. The van der Waals surface area contributed by atoms with Crippen LogP contribution in [0.3, 0.4) is 0 Å². The van der Waals surface area contributed by atoms with Gasteiger partial charge in [-0.15, -0.1) is 0 Å². The predicted octanol–water partition coefficient (Wildman–Crippen LogP) is 2.59. The molecule has 0 saturated heterocycles. The number of carbonyl (C=O) groups is 2. The number of carbonyl (C=O) groups excluding carboxylic acids is 1. The number of amides is 1. The number of primary amides is 1. The molecule has 8 nitrogen and oxygen atoms in total. The van der Waals surface area contributed by atoms with Gasteiger partial charge in [0.1, 0.15) is 6.54 Å². The molecule has 140 valence electrons. The number of oxazole rings is 1. The molecule has 0 aliphatic carbocycles. The van der Waals surface area contributed by atoms with Gasteiger partial charge < -0.3 is 30.5 Å². The number of fused-ring (bicyclic) bond motifs is 1. The first kappa shape index (κ1) is 18.5. The molecule has 3 aromatic rings. The molecule has 0 spiro atoms. The molecule has 0 atom stereocenters. The molecule has 5 N–H and O–H groups in total. The van der Waals surface area contributed by atoms with E-state index in [1.54, 1.807) is 29.2 Å². The number of nitrogens with two attached hydrogens (primary N) is 1. The van der Waals surface area contributed by atoms with Crippen LogP contribution >= 0.6 is 12.2 Å². The first-order chi connectivity index (χ1) is 12.9. The van der Waals surface area contributed by atoms with Crippen LogP contribution in [0.25, 0.3) is 11.1 Å². The Morgan fingerprint density at radius 3 is 2.63 bits per heavy atom. The zero-order chi connectivity index (χ0) is 19.4. The molecule has 1 amide bonds. The number of aliphatic carboxylic acids is 1. The van der Waals surface area contributed by atoms with Crippen molar-refractivity contribution in [2.75, 3.05) is 29.9 Å². The van der Waals surface area contributed by atoms with E-state index < -0.39 is 11.9 Å². The van der Waals surface area contributed by atoms with Crippen molar-refractivity contribution < 1.29 is 19.1 Å². The summed E-state index contributed by atoms with van der Waals surface area (Å²) in [6.07, 6.45) is 0. The molecule has 2 aromatic carbocycles. The van der Waals surface area contributed by atoms with E-state index in [9.17, 15) is 9.59 Å². The van der Waals surface area contributed by atoms with Crippen LogP contribution in [0.1, 0.15) is 10.4 Å². The van der Waals surface area contributed by atoms with Gasteiger partial charge in [0, 0.05) is 36.1 Å². The van der Waals surface area contributed by atoms with Crippen molar-refractivity contribution in [2.24, 2.45) is 5.73 Å². The minimum atomic E-state index is -0.945. The van der Waals surface area contributed by atoms with Crippen LogP contribution in [0.2, 0.25) is 0 Å². The molecular weight excluding hydrogens is 368 g/mol. The van der Waals surface area contributed by atoms with Crippen molar-refractivity contribution >= 4 is 46.6 Å². The smallest absolute Gasteiger partial charge is 0.323 e. The van der Waals surface area contributed by atoms with E-state index in [4.69, 9.17) is 27.5 Å². The Morgan fingerprint density at radius 2 is 1.96 bits per heavy atom. The molecular formula is C18H18N4O4S. The Kier molecular flexibility index (Phi) is 5.41. The standard InChI is InChI=1S/C18H18N4O4S/c19-17(25)11-1-4-13(5-2-11)22(10-16(23)24)8-7-20-12-3-6-14-15(9-12)26-18(27)21-14/h1-6,9,20H,7-8,10H2,(H2,19,25)(H,21,27)(H,23,24). The van der Waals surface area contributed by atoms with Crippen molar-refractivity contribution in [3.05, 3.63) is 52.9 Å². The largest absolute Gasteiger partial charge is 0.480 e. The molecule has 0 radical (unpaired) electrons. The average Bonchev–Trinajstić information content (AvgIpc) is 3.00. The average molecular weight is 386 g/mol. The van der Waals surface area contributed by atoms with Gasteiger partial charge in [-0.05, 0) is 48.6 Å². The van der Waals surface area contributed by atoms with Crippen LogP contribution in [0, 0.1) is 4.84 Å². The number of anilines is 2. The maximum Gasteiger partial charge on any atom is 0.323 e. The molecule has 0 fully saturated rings. The van der Waals surface area contributed by atoms with Gasteiger partial charge in [-0.1, -0.05) is 0 Å². The van der Waals surface area contributed by atoms with Gasteiger partial charge in [0.25, 0.3) is 4.84 Å². The van der Waals surface area contributed by atoms with Crippen LogP contribution in [0.15, 0.2) is 46.9 Å². The highest BCUT2D eigenvalue weighted by molar-refractivity contribution is 7.71. The first-order valence-electron chi connectivity index (χ1n) is 8.16. The van der Waals surface area contributed by atoms with Crippen LogP contribution in [0.5, 0.6) is 0 Å². The number of carboxylic acids is 1. The van der Waals surface area contributed by atoms with E-state index >= 15 is 0 Å². The number of carboxylic acid groups (broad SMARTS) is 1. The highest BCUT2D eigenvalue weighted by atomic mass is 32.1. The number of hydrogen-bond donors (Lipinski definition) is 4. The topological polar surface area (TPSA) is 125 Å². The normalized spacial score (nSPS) is 10.7. The number of rotatable bonds is 8. The second-order valence-electron chi connectivity index (χ2n) is 5.88. The fourth-order valence-corrected chi connectivity index (χ4v) is 2.89. The number of nitrogens with one attached hydrogen (secondary N) is 2. The second-order valence-corrected chi connectivity index (χ2v) is 6.25. The highest BCUT2D eigenvalue weighted by Crippen LogP contribution is 2.19. The summed E-state index contributed by atoms with van der Waals surface area (Å²) >= 11 is 4.96. The zero-order valence-electron chi connectivity index (χ0n) is 14.3. The van der Waals surface area contributed by atoms with E-state index in [0.717, 1.165) is 11.2 Å². The monoisotopic (exact) mass is 386 g/mol. The SMILES string of the molecule is NC(=O)c1ccc(N(CCNc2ccc3[nH]c(=S)oc3c2)CC(=O)O)cc1. The van der Waals surface area contributed by atoms with Crippen molar-refractivity contribution in [3.8, 4) is 0 Å². The van der Waals surface area contributed by atoms with Gasteiger partial charge in [0.05, 0.1) is 5.52 Å².